The van der Waals surface area contributed by atoms with Gasteiger partial charge in [0.05, 0.1) is 12.7 Å². The zero-order valence-electron chi connectivity index (χ0n) is 10.8. The summed E-state index contributed by atoms with van der Waals surface area (Å²) in [7, 11) is 0.551. The molecule has 0 aromatic carbocycles. The van der Waals surface area contributed by atoms with Crippen LogP contribution in [0.3, 0.4) is 0 Å². The number of nitrogens with one attached hydrogen (secondary N) is 1. The number of nitrogens with zero attached hydrogens (tertiary/aromatic N) is 1. The fourth-order valence-electron chi connectivity index (χ4n) is 1.42. The first-order valence-electron chi connectivity index (χ1n) is 5.64. The minimum Gasteiger partial charge on any atom is -0.465 e. The number of anilines is 1. The van der Waals surface area contributed by atoms with Gasteiger partial charge in [0, 0.05) is 35.0 Å². The molecule has 0 amide bonds. The van der Waals surface area contributed by atoms with Crippen molar-refractivity contribution >= 4 is 22.6 Å². The van der Waals surface area contributed by atoms with E-state index < -0.39 is 10.8 Å². The minimum atomic E-state index is -0.792. The first kappa shape index (κ1) is 14.6. The molecule has 100 valence electrons. The van der Waals surface area contributed by atoms with Gasteiger partial charge in [0.15, 0.2) is 0 Å². The molecule has 0 fully saturated rings. The van der Waals surface area contributed by atoms with E-state index >= 15 is 0 Å². The molecule has 1 N–H and O–H groups in total. The first-order chi connectivity index (χ1) is 8.52. The van der Waals surface area contributed by atoms with Crippen molar-refractivity contribution in [1.29, 1.82) is 0 Å². The van der Waals surface area contributed by atoms with Crippen molar-refractivity contribution < 1.29 is 13.7 Å². The van der Waals surface area contributed by atoms with Gasteiger partial charge in [-0.05, 0) is 25.5 Å². The third kappa shape index (κ3) is 4.83. The van der Waals surface area contributed by atoms with Crippen molar-refractivity contribution in [2.75, 3.05) is 24.4 Å². The average Bonchev–Trinajstić information content (AvgIpc) is 2.35. The van der Waals surface area contributed by atoms with Crippen molar-refractivity contribution in [3.05, 3.63) is 23.9 Å². The molecule has 0 bridgehead atoms. The van der Waals surface area contributed by atoms with Crippen LogP contribution in [0, 0.1) is 0 Å². The lowest BCUT2D eigenvalue weighted by molar-refractivity contribution is 0.0600. The molecule has 1 rings (SSSR count). The predicted octanol–water partition coefficient (Wildman–Crippen LogP) is 1.44. The lowest BCUT2D eigenvalue weighted by Gasteiger charge is -2.14. The van der Waals surface area contributed by atoms with Crippen LogP contribution in [0.1, 0.15) is 23.7 Å². The van der Waals surface area contributed by atoms with E-state index in [1.54, 1.807) is 24.6 Å². The summed E-state index contributed by atoms with van der Waals surface area (Å²) in [4.78, 5) is 15.5. The summed E-state index contributed by atoms with van der Waals surface area (Å²) in [5.74, 6) is 0.875. The van der Waals surface area contributed by atoms with Crippen LogP contribution in [0.15, 0.2) is 18.3 Å². The Hall–Kier alpha value is -1.43. The summed E-state index contributed by atoms with van der Waals surface area (Å²) in [6.45, 7) is 1.99. The molecular weight excluding hydrogens is 252 g/mol. The van der Waals surface area contributed by atoms with E-state index in [2.05, 4.69) is 15.0 Å². The number of carbonyl (C=O) groups is 1. The highest BCUT2D eigenvalue weighted by atomic mass is 32.2. The molecule has 5 nitrogen and oxygen atoms in total. The Morgan fingerprint density at radius 1 is 1.61 bits per heavy atom. The highest BCUT2D eigenvalue weighted by Gasteiger charge is 2.08. The number of methoxy groups -OCH3 is 1. The van der Waals surface area contributed by atoms with Crippen LogP contribution in [0.25, 0.3) is 0 Å². The fourth-order valence-corrected chi connectivity index (χ4v) is 2.11. The van der Waals surface area contributed by atoms with Crippen molar-refractivity contribution in [1.82, 2.24) is 4.98 Å². The topological polar surface area (TPSA) is 68.3 Å². The molecule has 0 aliphatic heterocycles. The molecule has 0 aliphatic rings. The molecule has 0 saturated carbocycles. The van der Waals surface area contributed by atoms with Crippen LogP contribution in [-0.2, 0) is 15.5 Å². The van der Waals surface area contributed by atoms with Gasteiger partial charge in [-0.1, -0.05) is 0 Å². The molecule has 2 unspecified atom stereocenters. The van der Waals surface area contributed by atoms with Crippen LogP contribution in [-0.4, -0.2) is 40.3 Å². The van der Waals surface area contributed by atoms with Crippen LogP contribution < -0.4 is 5.32 Å². The van der Waals surface area contributed by atoms with Gasteiger partial charge in [0.2, 0.25) is 0 Å². The molecule has 1 heterocycles. The highest BCUT2D eigenvalue weighted by Crippen LogP contribution is 2.10. The largest absolute Gasteiger partial charge is 0.465 e. The number of pyridine rings is 1. The van der Waals surface area contributed by atoms with Gasteiger partial charge >= 0.3 is 5.97 Å². The maximum Gasteiger partial charge on any atom is 0.338 e. The molecule has 0 spiro atoms. The Morgan fingerprint density at radius 3 is 2.94 bits per heavy atom. The van der Waals surface area contributed by atoms with Crippen molar-refractivity contribution in [3.8, 4) is 0 Å². The Kier molecular flexibility index (Phi) is 5.77. The zero-order valence-corrected chi connectivity index (χ0v) is 11.6. The van der Waals surface area contributed by atoms with E-state index in [-0.39, 0.29) is 12.0 Å². The summed E-state index contributed by atoms with van der Waals surface area (Å²) in [6, 6.07) is 3.39. The van der Waals surface area contributed by atoms with Gasteiger partial charge < -0.3 is 10.1 Å². The lowest BCUT2D eigenvalue weighted by Crippen LogP contribution is -2.19. The zero-order chi connectivity index (χ0) is 13.5. The maximum absolute atomic E-state index is 11.3. The number of ether oxygens (including phenoxy) is 1. The van der Waals surface area contributed by atoms with E-state index in [1.165, 1.54) is 7.11 Å². The van der Waals surface area contributed by atoms with Gasteiger partial charge in [-0.25, -0.2) is 9.78 Å². The second-order valence-electron chi connectivity index (χ2n) is 4.03. The van der Waals surface area contributed by atoms with Crippen molar-refractivity contribution in [3.63, 3.8) is 0 Å². The van der Waals surface area contributed by atoms with Crippen molar-refractivity contribution in [2.24, 2.45) is 0 Å². The Bertz CT molecular complexity index is 437. The smallest absolute Gasteiger partial charge is 0.338 e. The quantitative estimate of drug-likeness (QED) is 0.792. The number of aromatic nitrogens is 1. The molecule has 1 aromatic rings. The number of hydrogen-bond acceptors (Lipinski definition) is 5. The van der Waals surface area contributed by atoms with E-state index in [0.29, 0.717) is 17.1 Å². The van der Waals surface area contributed by atoms with Gasteiger partial charge in [-0.3, -0.25) is 4.21 Å². The maximum atomic E-state index is 11.3. The molecule has 0 radical (unpaired) electrons. The average molecular weight is 270 g/mol. The molecule has 2 atom stereocenters. The van der Waals surface area contributed by atoms with E-state index in [1.807, 2.05) is 6.92 Å². The third-order valence-electron chi connectivity index (χ3n) is 2.41. The number of hydrogen-bond donors (Lipinski definition) is 1. The van der Waals surface area contributed by atoms with Crippen molar-refractivity contribution in [2.45, 2.75) is 19.4 Å². The highest BCUT2D eigenvalue weighted by molar-refractivity contribution is 7.84. The first-order valence-corrected chi connectivity index (χ1v) is 7.36. The fraction of sp³-hybridized carbons (Fsp3) is 0.500. The molecule has 6 heteroatoms. The molecule has 1 aromatic heterocycles. The summed E-state index contributed by atoms with van der Waals surface area (Å²) in [5, 5.41) is 3.16. The second kappa shape index (κ2) is 7.10. The summed E-state index contributed by atoms with van der Waals surface area (Å²) in [5.41, 5.74) is 0.460. The monoisotopic (exact) mass is 270 g/mol. The predicted molar refractivity (Wildman–Crippen MR) is 72.2 cm³/mol. The van der Waals surface area contributed by atoms with Crippen LogP contribution in [0.5, 0.6) is 0 Å². The minimum absolute atomic E-state index is 0.147. The van der Waals surface area contributed by atoms with Gasteiger partial charge in [-0.15, -0.1) is 0 Å². The van der Waals surface area contributed by atoms with Gasteiger partial charge in [-0.2, -0.15) is 0 Å². The van der Waals surface area contributed by atoms with E-state index in [0.717, 1.165) is 6.42 Å². The number of esters is 1. The Morgan fingerprint density at radius 2 is 2.33 bits per heavy atom. The van der Waals surface area contributed by atoms with Gasteiger partial charge in [0.25, 0.3) is 0 Å². The van der Waals surface area contributed by atoms with E-state index in [4.69, 9.17) is 0 Å². The van der Waals surface area contributed by atoms with Crippen LogP contribution in [0.4, 0.5) is 5.82 Å². The van der Waals surface area contributed by atoms with Crippen LogP contribution in [0.2, 0.25) is 0 Å². The number of carbonyl (C=O) groups excluding carboxylic acids is 1. The van der Waals surface area contributed by atoms with Gasteiger partial charge in [0.1, 0.15) is 5.82 Å². The standard InChI is InChI=1S/C12H18N2O3S/c1-9(5-7-18(3)16)14-11-8-10(4-6-13-11)12(15)17-2/h4,6,8-9H,5,7H2,1-3H3,(H,13,14). The lowest BCUT2D eigenvalue weighted by atomic mass is 10.2. The second-order valence-corrected chi connectivity index (χ2v) is 5.59. The summed E-state index contributed by atoms with van der Waals surface area (Å²) >= 11 is 0. The Balaban J connectivity index is 2.61. The normalized spacial score (nSPS) is 13.7. The molecule has 0 aliphatic carbocycles. The third-order valence-corrected chi connectivity index (χ3v) is 3.22. The van der Waals surface area contributed by atoms with Crippen LogP contribution >= 0.6 is 0 Å². The van der Waals surface area contributed by atoms with E-state index in [9.17, 15) is 9.00 Å². The Labute approximate surface area is 109 Å². The molecular formula is C12H18N2O3S. The SMILES string of the molecule is COC(=O)c1ccnc(NC(C)CCS(C)=O)c1. The molecule has 0 saturated heterocycles. The summed E-state index contributed by atoms with van der Waals surface area (Å²) in [6.07, 6.45) is 4.02. The molecule has 18 heavy (non-hydrogen) atoms. The summed E-state index contributed by atoms with van der Waals surface area (Å²) < 4.78 is 15.6. The number of rotatable bonds is 6.